The maximum atomic E-state index is 5.22. The normalized spacial score (nSPS) is 12.2. The summed E-state index contributed by atoms with van der Waals surface area (Å²) in [7, 11) is 0. The Morgan fingerprint density at radius 1 is 1.22 bits per heavy atom. The summed E-state index contributed by atoms with van der Waals surface area (Å²) in [6.07, 6.45) is 5.22. The Kier molecular flexibility index (Phi) is 6.32. The molecule has 98 valence electrons. The Labute approximate surface area is 116 Å². The fourth-order valence-electron chi connectivity index (χ4n) is 2.04. The molecule has 1 unspecified atom stereocenters. The molecule has 1 N–H and O–H groups in total. The van der Waals surface area contributed by atoms with Crippen LogP contribution in [0.3, 0.4) is 0 Å². The van der Waals surface area contributed by atoms with Gasteiger partial charge in [0, 0.05) is 18.3 Å². The van der Waals surface area contributed by atoms with Crippen molar-refractivity contribution in [3.05, 3.63) is 34.4 Å². The molecule has 0 saturated heterocycles. The predicted molar refractivity (Wildman–Crippen MR) is 83.2 cm³/mol. The standard InChI is InChI=1S/C16H23NS/c1-6-8-18-9-7-17-15(5)16-11-13(3)12(2)10-14(16)4/h1,10-11,15,17H,7-9H2,2-5H3. The summed E-state index contributed by atoms with van der Waals surface area (Å²) in [6.45, 7) is 9.75. The molecule has 0 spiro atoms. The summed E-state index contributed by atoms with van der Waals surface area (Å²) in [5, 5.41) is 3.56. The maximum absolute atomic E-state index is 5.22. The number of benzene rings is 1. The van der Waals surface area contributed by atoms with Crippen LogP contribution in [0.5, 0.6) is 0 Å². The van der Waals surface area contributed by atoms with Crippen LogP contribution in [0, 0.1) is 33.1 Å². The van der Waals surface area contributed by atoms with E-state index < -0.39 is 0 Å². The van der Waals surface area contributed by atoms with Gasteiger partial charge in [-0.2, -0.15) is 0 Å². The number of aryl methyl sites for hydroxylation is 3. The van der Waals surface area contributed by atoms with Crippen molar-refractivity contribution >= 4 is 11.8 Å². The Bertz CT molecular complexity index is 431. The highest BCUT2D eigenvalue weighted by molar-refractivity contribution is 7.99. The number of terminal acetylenes is 1. The summed E-state index contributed by atoms with van der Waals surface area (Å²) in [6, 6.07) is 4.98. The van der Waals surface area contributed by atoms with E-state index in [0.717, 1.165) is 18.1 Å². The average Bonchev–Trinajstić information content (AvgIpc) is 2.33. The molecule has 0 heterocycles. The topological polar surface area (TPSA) is 12.0 Å². The molecule has 1 atom stereocenters. The van der Waals surface area contributed by atoms with Gasteiger partial charge < -0.3 is 5.32 Å². The molecule has 0 radical (unpaired) electrons. The van der Waals surface area contributed by atoms with E-state index in [2.05, 4.69) is 51.1 Å². The number of rotatable bonds is 6. The number of hydrogen-bond donors (Lipinski definition) is 1. The summed E-state index contributed by atoms with van der Waals surface area (Å²) in [4.78, 5) is 0. The molecule has 0 aliphatic carbocycles. The van der Waals surface area contributed by atoms with Crippen molar-refractivity contribution in [2.75, 3.05) is 18.1 Å². The van der Waals surface area contributed by atoms with Gasteiger partial charge in [0.2, 0.25) is 0 Å². The van der Waals surface area contributed by atoms with Crippen molar-refractivity contribution in [1.82, 2.24) is 5.32 Å². The van der Waals surface area contributed by atoms with Gasteiger partial charge in [-0.25, -0.2) is 0 Å². The third-order valence-electron chi connectivity index (χ3n) is 3.23. The molecule has 0 bridgehead atoms. The lowest BCUT2D eigenvalue weighted by molar-refractivity contribution is 0.598. The molecule has 1 rings (SSSR count). The first-order chi connectivity index (χ1) is 8.56. The largest absolute Gasteiger partial charge is 0.309 e. The van der Waals surface area contributed by atoms with Crippen LogP contribution in [0.15, 0.2) is 12.1 Å². The van der Waals surface area contributed by atoms with Crippen LogP contribution >= 0.6 is 11.8 Å². The number of hydrogen-bond acceptors (Lipinski definition) is 2. The highest BCUT2D eigenvalue weighted by Crippen LogP contribution is 2.21. The second-order valence-corrected chi connectivity index (χ2v) is 5.83. The van der Waals surface area contributed by atoms with E-state index in [4.69, 9.17) is 6.42 Å². The molecule has 1 aromatic carbocycles. The van der Waals surface area contributed by atoms with Crippen LogP contribution < -0.4 is 5.32 Å². The van der Waals surface area contributed by atoms with Gasteiger partial charge in [0.05, 0.1) is 5.75 Å². The number of nitrogens with one attached hydrogen (secondary N) is 1. The minimum Gasteiger partial charge on any atom is -0.309 e. The average molecular weight is 261 g/mol. The molecular weight excluding hydrogens is 238 g/mol. The summed E-state index contributed by atoms with van der Waals surface area (Å²) in [5.41, 5.74) is 5.51. The van der Waals surface area contributed by atoms with E-state index in [1.807, 2.05) is 0 Å². The fraction of sp³-hybridized carbons (Fsp3) is 0.500. The Hall–Kier alpha value is -0.910. The van der Waals surface area contributed by atoms with Gasteiger partial charge in [-0.05, 0) is 49.9 Å². The van der Waals surface area contributed by atoms with E-state index in [-0.39, 0.29) is 0 Å². The SMILES string of the molecule is C#CCSCCNC(C)c1cc(C)c(C)cc1C. The smallest absolute Gasteiger partial charge is 0.0545 e. The third-order valence-corrected chi connectivity index (χ3v) is 4.09. The van der Waals surface area contributed by atoms with E-state index >= 15 is 0 Å². The molecular formula is C16H23NS. The molecule has 1 aromatic rings. The van der Waals surface area contributed by atoms with Crippen molar-refractivity contribution in [3.63, 3.8) is 0 Å². The van der Waals surface area contributed by atoms with E-state index in [0.29, 0.717) is 6.04 Å². The van der Waals surface area contributed by atoms with Gasteiger partial charge in [0.1, 0.15) is 0 Å². The molecule has 0 fully saturated rings. The Balaban J connectivity index is 2.54. The lowest BCUT2D eigenvalue weighted by Crippen LogP contribution is -2.22. The van der Waals surface area contributed by atoms with Gasteiger partial charge in [0.15, 0.2) is 0 Å². The zero-order valence-corrected chi connectivity index (χ0v) is 12.7. The third kappa shape index (κ3) is 4.40. The fourth-order valence-corrected chi connectivity index (χ4v) is 2.56. The van der Waals surface area contributed by atoms with Crippen molar-refractivity contribution in [2.24, 2.45) is 0 Å². The lowest BCUT2D eigenvalue weighted by atomic mass is 9.96. The predicted octanol–water partition coefficient (Wildman–Crippen LogP) is 3.63. The minimum atomic E-state index is 0.399. The Morgan fingerprint density at radius 2 is 1.89 bits per heavy atom. The molecule has 0 aromatic heterocycles. The minimum absolute atomic E-state index is 0.399. The number of thioether (sulfide) groups is 1. The lowest BCUT2D eigenvalue weighted by Gasteiger charge is -2.18. The first kappa shape index (κ1) is 15.1. The van der Waals surface area contributed by atoms with Crippen molar-refractivity contribution in [3.8, 4) is 12.3 Å². The van der Waals surface area contributed by atoms with Crippen LogP contribution in [0.25, 0.3) is 0 Å². The van der Waals surface area contributed by atoms with Gasteiger partial charge in [-0.1, -0.05) is 18.1 Å². The second kappa shape index (κ2) is 7.51. The molecule has 0 aliphatic rings. The zero-order chi connectivity index (χ0) is 13.5. The van der Waals surface area contributed by atoms with Crippen LogP contribution in [0.2, 0.25) is 0 Å². The van der Waals surface area contributed by atoms with Gasteiger partial charge in [-0.3, -0.25) is 0 Å². The van der Waals surface area contributed by atoms with E-state index in [9.17, 15) is 0 Å². The van der Waals surface area contributed by atoms with Crippen LogP contribution in [0.4, 0.5) is 0 Å². The molecule has 2 heteroatoms. The molecule has 0 saturated carbocycles. The molecule has 18 heavy (non-hydrogen) atoms. The van der Waals surface area contributed by atoms with Crippen molar-refractivity contribution in [2.45, 2.75) is 33.7 Å². The highest BCUT2D eigenvalue weighted by Gasteiger charge is 2.09. The first-order valence-corrected chi connectivity index (χ1v) is 7.54. The molecule has 0 aliphatic heterocycles. The maximum Gasteiger partial charge on any atom is 0.0545 e. The molecule has 0 amide bonds. The van der Waals surface area contributed by atoms with E-state index in [1.165, 1.54) is 22.3 Å². The zero-order valence-electron chi connectivity index (χ0n) is 11.8. The van der Waals surface area contributed by atoms with Crippen LogP contribution in [-0.2, 0) is 0 Å². The first-order valence-electron chi connectivity index (χ1n) is 6.38. The van der Waals surface area contributed by atoms with Gasteiger partial charge in [0.25, 0.3) is 0 Å². The highest BCUT2D eigenvalue weighted by atomic mass is 32.2. The van der Waals surface area contributed by atoms with Gasteiger partial charge >= 0.3 is 0 Å². The van der Waals surface area contributed by atoms with Crippen molar-refractivity contribution in [1.29, 1.82) is 0 Å². The van der Waals surface area contributed by atoms with Gasteiger partial charge in [-0.15, -0.1) is 18.2 Å². The second-order valence-electron chi connectivity index (χ2n) is 4.73. The molecule has 1 nitrogen and oxygen atoms in total. The van der Waals surface area contributed by atoms with Crippen molar-refractivity contribution < 1.29 is 0 Å². The summed E-state index contributed by atoms with van der Waals surface area (Å²) < 4.78 is 0. The Morgan fingerprint density at radius 3 is 2.56 bits per heavy atom. The summed E-state index contributed by atoms with van der Waals surface area (Å²) in [5.74, 6) is 4.52. The van der Waals surface area contributed by atoms with E-state index in [1.54, 1.807) is 11.8 Å². The van der Waals surface area contributed by atoms with Crippen LogP contribution in [-0.4, -0.2) is 18.1 Å². The van der Waals surface area contributed by atoms with Crippen LogP contribution in [0.1, 0.15) is 35.2 Å². The summed E-state index contributed by atoms with van der Waals surface area (Å²) >= 11 is 1.80. The quantitative estimate of drug-likeness (QED) is 0.620. The monoisotopic (exact) mass is 261 g/mol.